The van der Waals surface area contributed by atoms with Crippen LogP contribution in [0.15, 0.2) is 18.5 Å². The molecule has 66 valence electrons. The van der Waals surface area contributed by atoms with E-state index in [0.717, 1.165) is 0 Å². The van der Waals surface area contributed by atoms with Crippen molar-refractivity contribution in [1.82, 2.24) is 9.97 Å². The van der Waals surface area contributed by atoms with Crippen LogP contribution in [0.25, 0.3) is 10.9 Å². The van der Waals surface area contributed by atoms with Crippen LogP contribution in [0.5, 0.6) is 5.88 Å². The molecule has 0 spiro atoms. The van der Waals surface area contributed by atoms with Crippen LogP contribution in [0.3, 0.4) is 0 Å². The van der Waals surface area contributed by atoms with E-state index in [9.17, 15) is 5.11 Å². The zero-order valence-electron chi connectivity index (χ0n) is 6.53. The summed E-state index contributed by atoms with van der Waals surface area (Å²) in [5, 5.41) is 10.1. The fraction of sp³-hybridized carbons (Fsp3) is 0. The molecule has 0 aliphatic heterocycles. The van der Waals surface area contributed by atoms with Gasteiger partial charge in [-0.1, -0.05) is 11.6 Å². The van der Waals surface area contributed by atoms with E-state index >= 15 is 0 Å². The lowest BCUT2D eigenvalue weighted by molar-refractivity contribution is 0.459. The molecule has 1 aromatic carbocycles. The lowest BCUT2D eigenvalue weighted by Gasteiger charge is -2.03. The van der Waals surface area contributed by atoms with E-state index < -0.39 is 0 Å². The fourth-order valence-corrected chi connectivity index (χ4v) is 1.36. The molecule has 2 aromatic rings. The van der Waals surface area contributed by atoms with Gasteiger partial charge in [0, 0.05) is 0 Å². The average Bonchev–Trinajstić information content (AvgIpc) is 2.12. The van der Waals surface area contributed by atoms with Crippen molar-refractivity contribution in [2.45, 2.75) is 0 Å². The molecule has 0 radical (unpaired) electrons. The number of fused-ring (bicyclic) bond motifs is 1. The minimum absolute atomic E-state index is 0.151. The third-order valence-corrected chi connectivity index (χ3v) is 2.16. The lowest BCUT2D eigenvalue weighted by atomic mass is 10.2. The van der Waals surface area contributed by atoms with Crippen molar-refractivity contribution in [2.75, 3.05) is 5.73 Å². The van der Waals surface area contributed by atoms with Crippen LogP contribution < -0.4 is 5.73 Å². The lowest BCUT2D eigenvalue weighted by Crippen LogP contribution is -1.89. The number of hydrogen-bond acceptors (Lipinski definition) is 4. The van der Waals surface area contributed by atoms with Gasteiger partial charge in [-0.25, -0.2) is 9.97 Å². The second-order valence-corrected chi connectivity index (χ2v) is 2.94. The zero-order valence-corrected chi connectivity index (χ0v) is 7.28. The first-order valence-electron chi connectivity index (χ1n) is 3.58. The third-order valence-electron chi connectivity index (χ3n) is 1.75. The van der Waals surface area contributed by atoms with Gasteiger partial charge in [0.1, 0.15) is 6.33 Å². The maximum absolute atomic E-state index is 9.39. The Balaban J connectivity index is 2.97. The van der Waals surface area contributed by atoms with Gasteiger partial charge in [-0.05, 0) is 12.1 Å². The predicted molar refractivity (Wildman–Crippen MR) is 50.6 cm³/mol. The summed E-state index contributed by atoms with van der Waals surface area (Å²) in [6, 6.07) is 3.31. The molecule has 0 bridgehead atoms. The Morgan fingerprint density at radius 1 is 1.31 bits per heavy atom. The number of benzene rings is 1. The van der Waals surface area contributed by atoms with E-state index in [0.29, 0.717) is 16.6 Å². The molecule has 5 heteroatoms. The number of rotatable bonds is 0. The normalized spacial score (nSPS) is 10.5. The molecule has 0 amide bonds. The minimum atomic E-state index is -0.151. The van der Waals surface area contributed by atoms with Gasteiger partial charge in [-0.15, -0.1) is 0 Å². The van der Waals surface area contributed by atoms with Crippen molar-refractivity contribution < 1.29 is 5.11 Å². The summed E-state index contributed by atoms with van der Waals surface area (Å²) < 4.78 is 0. The summed E-state index contributed by atoms with van der Waals surface area (Å²) in [5.74, 6) is -0.151. The molecule has 4 nitrogen and oxygen atoms in total. The molecular weight excluding hydrogens is 190 g/mol. The molecule has 3 N–H and O–H groups in total. The van der Waals surface area contributed by atoms with Gasteiger partial charge in [0.05, 0.1) is 21.6 Å². The monoisotopic (exact) mass is 195 g/mol. The van der Waals surface area contributed by atoms with Crippen molar-refractivity contribution >= 4 is 28.2 Å². The molecule has 0 fully saturated rings. The number of aromatic nitrogens is 2. The molecular formula is C8H6ClN3O. The Labute approximate surface area is 79.0 Å². The Morgan fingerprint density at radius 2 is 2.08 bits per heavy atom. The van der Waals surface area contributed by atoms with Gasteiger partial charge in [0.25, 0.3) is 0 Å². The quantitative estimate of drug-likeness (QED) is 0.626. The summed E-state index contributed by atoms with van der Waals surface area (Å²) in [4.78, 5) is 7.55. The van der Waals surface area contributed by atoms with Crippen molar-refractivity contribution in [3.05, 3.63) is 23.5 Å². The van der Waals surface area contributed by atoms with Gasteiger partial charge in [-0.3, -0.25) is 0 Å². The van der Waals surface area contributed by atoms with Gasteiger partial charge in [-0.2, -0.15) is 0 Å². The van der Waals surface area contributed by atoms with Crippen LogP contribution in [0.4, 0.5) is 5.69 Å². The van der Waals surface area contributed by atoms with Crippen LogP contribution in [0, 0.1) is 0 Å². The van der Waals surface area contributed by atoms with Crippen molar-refractivity contribution in [3.8, 4) is 5.88 Å². The van der Waals surface area contributed by atoms with Crippen molar-refractivity contribution in [2.24, 2.45) is 0 Å². The SMILES string of the molecule is Nc1ccc2ncnc(O)c2c1Cl. The zero-order chi connectivity index (χ0) is 9.42. The van der Waals surface area contributed by atoms with E-state index in [1.54, 1.807) is 12.1 Å². The number of anilines is 1. The maximum Gasteiger partial charge on any atom is 0.223 e. The van der Waals surface area contributed by atoms with Crippen LogP contribution in [-0.2, 0) is 0 Å². The number of halogens is 1. The first kappa shape index (κ1) is 8.07. The van der Waals surface area contributed by atoms with Crippen LogP contribution in [0.1, 0.15) is 0 Å². The molecule has 0 saturated heterocycles. The number of hydrogen-bond donors (Lipinski definition) is 2. The first-order chi connectivity index (χ1) is 6.20. The third kappa shape index (κ3) is 1.15. The van der Waals surface area contributed by atoms with Gasteiger partial charge in [0.2, 0.25) is 5.88 Å². The summed E-state index contributed by atoms with van der Waals surface area (Å²) in [6.45, 7) is 0. The van der Waals surface area contributed by atoms with Crippen LogP contribution >= 0.6 is 11.6 Å². The second kappa shape index (κ2) is 2.74. The summed E-state index contributed by atoms with van der Waals surface area (Å²) in [5.41, 5.74) is 6.53. The van der Waals surface area contributed by atoms with Gasteiger partial charge in [0.15, 0.2) is 0 Å². The molecule has 0 aliphatic rings. The largest absolute Gasteiger partial charge is 0.493 e. The number of nitrogens with zero attached hydrogens (tertiary/aromatic N) is 2. The summed E-state index contributed by atoms with van der Waals surface area (Å²) in [6.07, 6.45) is 1.27. The molecule has 0 aliphatic carbocycles. The Kier molecular flexibility index (Phi) is 1.70. The summed E-state index contributed by atoms with van der Waals surface area (Å²) in [7, 11) is 0. The smallest absolute Gasteiger partial charge is 0.223 e. The Hall–Kier alpha value is -1.55. The highest BCUT2D eigenvalue weighted by Gasteiger charge is 2.08. The Bertz CT molecular complexity index is 472. The minimum Gasteiger partial charge on any atom is -0.493 e. The van der Waals surface area contributed by atoms with E-state index in [1.165, 1.54) is 6.33 Å². The van der Waals surface area contributed by atoms with Crippen LogP contribution in [0.2, 0.25) is 5.02 Å². The highest BCUT2D eigenvalue weighted by atomic mass is 35.5. The van der Waals surface area contributed by atoms with Crippen molar-refractivity contribution in [1.29, 1.82) is 0 Å². The van der Waals surface area contributed by atoms with Gasteiger partial charge >= 0.3 is 0 Å². The molecule has 0 atom stereocenters. The topological polar surface area (TPSA) is 72.0 Å². The summed E-state index contributed by atoms with van der Waals surface area (Å²) >= 11 is 5.87. The first-order valence-corrected chi connectivity index (χ1v) is 3.95. The van der Waals surface area contributed by atoms with E-state index in [-0.39, 0.29) is 10.9 Å². The molecule has 1 heterocycles. The van der Waals surface area contributed by atoms with Crippen LogP contribution in [-0.4, -0.2) is 15.1 Å². The number of nitrogens with two attached hydrogens (primary N) is 1. The fourth-order valence-electron chi connectivity index (χ4n) is 1.11. The number of nitrogen functional groups attached to an aromatic ring is 1. The molecule has 13 heavy (non-hydrogen) atoms. The van der Waals surface area contributed by atoms with E-state index in [2.05, 4.69) is 9.97 Å². The van der Waals surface area contributed by atoms with Gasteiger partial charge < -0.3 is 10.8 Å². The average molecular weight is 196 g/mol. The highest BCUT2D eigenvalue weighted by molar-refractivity contribution is 6.38. The molecule has 1 aromatic heterocycles. The highest BCUT2D eigenvalue weighted by Crippen LogP contribution is 2.32. The predicted octanol–water partition coefficient (Wildman–Crippen LogP) is 1.57. The Morgan fingerprint density at radius 3 is 2.85 bits per heavy atom. The maximum atomic E-state index is 9.39. The molecule has 2 rings (SSSR count). The van der Waals surface area contributed by atoms with E-state index in [4.69, 9.17) is 17.3 Å². The van der Waals surface area contributed by atoms with E-state index in [1.807, 2.05) is 0 Å². The second-order valence-electron chi connectivity index (χ2n) is 2.56. The van der Waals surface area contributed by atoms with Crippen molar-refractivity contribution in [3.63, 3.8) is 0 Å². The molecule has 0 unspecified atom stereocenters. The number of aromatic hydroxyl groups is 1. The standard InChI is InChI=1S/C8H6ClN3O/c9-7-4(10)1-2-5-6(7)8(13)12-3-11-5/h1-3H,10H2,(H,11,12,13). The molecule has 0 saturated carbocycles.